The number of carbonyl (C=O) groups is 1. The first-order valence-corrected chi connectivity index (χ1v) is 6.50. The summed E-state index contributed by atoms with van der Waals surface area (Å²) in [5.41, 5.74) is 0. The summed E-state index contributed by atoms with van der Waals surface area (Å²) in [6, 6.07) is 2.52. The van der Waals surface area contributed by atoms with E-state index in [9.17, 15) is 4.79 Å². The van der Waals surface area contributed by atoms with Gasteiger partial charge in [-0.1, -0.05) is 6.92 Å². The molecule has 2 atom stereocenters. The Morgan fingerprint density at radius 2 is 2.35 bits per heavy atom. The van der Waals surface area contributed by atoms with Crippen molar-refractivity contribution in [3.05, 3.63) is 0 Å². The minimum atomic E-state index is -0.0796. The van der Waals surface area contributed by atoms with Crippen LogP contribution in [0.15, 0.2) is 0 Å². The second-order valence-electron chi connectivity index (χ2n) is 4.51. The molecule has 0 aromatic carbocycles. The number of carbonyl (C=O) groups excluding carboxylic acids is 1. The normalized spacial score (nSPS) is 22.8. The van der Waals surface area contributed by atoms with E-state index in [1.165, 1.54) is 0 Å². The van der Waals surface area contributed by atoms with Gasteiger partial charge in [-0.15, -0.1) is 0 Å². The van der Waals surface area contributed by atoms with Gasteiger partial charge in [-0.3, -0.25) is 9.69 Å². The van der Waals surface area contributed by atoms with Crippen LogP contribution in [-0.4, -0.2) is 36.6 Å². The number of nitriles is 1. The zero-order chi connectivity index (χ0) is 12.7. The molecule has 1 heterocycles. The van der Waals surface area contributed by atoms with Crippen molar-refractivity contribution in [3.8, 4) is 6.07 Å². The fourth-order valence-corrected chi connectivity index (χ4v) is 2.43. The van der Waals surface area contributed by atoms with Gasteiger partial charge in [-0.25, -0.2) is 0 Å². The second-order valence-corrected chi connectivity index (χ2v) is 4.51. The molecule has 0 amide bonds. The van der Waals surface area contributed by atoms with E-state index < -0.39 is 0 Å². The average molecular weight is 238 g/mol. The second kappa shape index (κ2) is 7.29. The van der Waals surface area contributed by atoms with Gasteiger partial charge >= 0.3 is 5.97 Å². The monoisotopic (exact) mass is 238 g/mol. The molecular formula is C13H22N2O2. The van der Waals surface area contributed by atoms with E-state index in [0.29, 0.717) is 13.0 Å². The van der Waals surface area contributed by atoms with E-state index in [2.05, 4.69) is 17.9 Å². The average Bonchev–Trinajstić information content (AvgIpc) is 2.36. The fraction of sp³-hybridized carbons (Fsp3) is 0.846. The molecule has 2 unspecified atom stereocenters. The highest BCUT2D eigenvalue weighted by molar-refractivity contribution is 5.72. The van der Waals surface area contributed by atoms with Crippen LogP contribution in [0, 0.1) is 17.2 Å². The lowest BCUT2D eigenvalue weighted by Crippen LogP contribution is -2.44. The minimum Gasteiger partial charge on any atom is -0.466 e. The lowest BCUT2D eigenvalue weighted by atomic mass is 9.95. The molecule has 1 saturated heterocycles. The first-order valence-electron chi connectivity index (χ1n) is 6.50. The molecule has 17 heavy (non-hydrogen) atoms. The van der Waals surface area contributed by atoms with E-state index in [1.807, 2.05) is 6.92 Å². The zero-order valence-electron chi connectivity index (χ0n) is 10.8. The lowest BCUT2D eigenvalue weighted by Gasteiger charge is -2.36. The van der Waals surface area contributed by atoms with Crippen molar-refractivity contribution in [1.29, 1.82) is 5.26 Å². The number of hydrogen-bond acceptors (Lipinski definition) is 4. The Morgan fingerprint density at radius 1 is 1.59 bits per heavy atom. The summed E-state index contributed by atoms with van der Waals surface area (Å²) in [5.74, 6) is -0.0829. The van der Waals surface area contributed by atoms with Crippen molar-refractivity contribution in [2.24, 2.45) is 5.92 Å². The van der Waals surface area contributed by atoms with Gasteiger partial charge in [0.15, 0.2) is 0 Å². The summed E-state index contributed by atoms with van der Waals surface area (Å²) in [6.45, 7) is 6.12. The van der Waals surface area contributed by atoms with Crippen LogP contribution in [0.1, 0.15) is 39.5 Å². The molecule has 1 aliphatic rings. The van der Waals surface area contributed by atoms with Gasteiger partial charge < -0.3 is 4.74 Å². The van der Waals surface area contributed by atoms with Gasteiger partial charge in [0.05, 0.1) is 25.0 Å². The topological polar surface area (TPSA) is 53.3 Å². The Labute approximate surface area is 104 Å². The van der Waals surface area contributed by atoms with Crippen molar-refractivity contribution in [1.82, 2.24) is 4.90 Å². The van der Waals surface area contributed by atoms with Crippen LogP contribution in [-0.2, 0) is 9.53 Å². The van der Waals surface area contributed by atoms with Crippen LogP contribution in [0.2, 0.25) is 0 Å². The van der Waals surface area contributed by atoms with E-state index in [1.54, 1.807) is 0 Å². The Balaban J connectivity index is 2.53. The molecule has 1 aliphatic heterocycles. The molecule has 1 fully saturated rings. The molecule has 0 saturated carbocycles. The van der Waals surface area contributed by atoms with Crippen LogP contribution in [0.4, 0.5) is 0 Å². The van der Waals surface area contributed by atoms with Crippen molar-refractivity contribution >= 4 is 5.97 Å². The molecule has 96 valence electrons. The van der Waals surface area contributed by atoms with Gasteiger partial charge in [0.25, 0.3) is 0 Å². The number of ether oxygens (including phenoxy) is 1. The number of likely N-dealkylation sites (tertiary alicyclic amines) is 1. The number of nitrogens with zero attached hydrogens (tertiary/aromatic N) is 2. The molecule has 0 N–H and O–H groups in total. The first-order chi connectivity index (χ1) is 8.22. The largest absolute Gasteiger partial charge is 0.466 e. The summed E-state index contributed by atoms with van der Waals surface area (Å²) < 4.78 is 5.07. The first kappa shape index (κ1) is 14.0. The number of rotatable bonds is 5. The van der Waals surface area contributed by atoms with Gasteiger partial charge in [0, 0.05) is 12.6 Å². The molecule has 0 aromatic heterocycles. The minimum absolute atomic E-state index is 0.00329. The third kappa shape index (κ3) is 4.01. The van der Waals surface area contributed by atoms with Gasteiger partial charge in [-0.2, -0.15) is 5.26 Å². The number of hydrogen-bond donors (Lipinski definition) is 0. The van der Waals surface area contributed by atoms with Crippen molar-refractivity contribution in [2.45, 2.75) is 45.6 Å². The highest BCUT2D eigenvalue weighted by Crippen LogP contribution is 2.22. The van der Waals surface area contributed by atoms with E-state index in [0.717, 1.165) is 32.4 Å². The highest BCUT2D eigenvalue weighted by atomic mass is 16.5. The Kier molecular flexibility index (Phi) is 5.99. The molecule has 4 heteroatoms. The zero-order valence-corrected chi connectivity index (χ0v) is 10.8. The summed E-state index contributed by atoms with van der Waals surface area (Å²) in [7, 11) is 0. The molecule has 0 aliphatic carbocycles. The maximum Gasteiger partial charge on any atom is 0.310 e. The van der Waals surface area contributed by atoms with Crippen LogP contribution in [0.3, 0.4) is 0 Å². The quantitative estimate of drug-likeness (QED) is 0.687. The van der Waals surface area contributed by atoms with E-state index >= 15 is 0 Å². The van der Waals surface area contributed by atoms with Crippen molar-refractivity contribution in [3.63, 3.8) is 0 Å². The molecule has 1 rings (SSSR count). The van der Waals surface area contributed by atoms with Crippen molar-refractivity contribution in [2.75, 3.05) is 19.7 Å². The molecule has 0 aromatic rings. The molecule has 0 spiro atoms. The predicted molar refractivity (Wildman–Crippen MR) is 65.2 cm³/mol. The Hall–Kier alpha value is -1.08. The van der Waals surface area contributed by atoms with Crippen LogP contribution >= 0.6 is 0 Å². The van der Waals surface area contributed by atoms with Crippen LogP contribution in [0.25, 0.3) is 0 Å². The molecular weight excluding hydrogens is 216 g/mol. The van der Waals surface area contributed by atoms with Gasteiger partial charge in [0.2, 0.25) is 0 Å². The van der Waals surface area contributed by atoms with Gasteiger partial charge in [0.1, 0.15) is 0 Å². The molecule has 0 radical (unpaired) electrons. The third-order valence-corrected chi connectivity index (χ3v) is 3.39. The summed E-state index contributed by atoms with van der Waals surface area (Å²) >= 11 is 0. The Morgan fingerprint density at radius 3 is 2.94 bits per heavy atom. The van der Waals surface area contributed by atoms with E-state index in [4.69, 9.17) is 10.00 Å². The van der Waals surface area contributed by atoms with Crippen molar-refractivity contribution < 1.29 is 9.53 Å². The molecule has 4 nitrogen and oxygen atoms in total. The lowest BCUT2D eigenvalue weighted by molar-refractivity contribution is -0.150. The third-order valence-electron chi connectivity index (χ3n) is 3.39. The maximum atomic E-state index is 11.7. The summed E-state index contributed by atoms with van der Waals surface area (Å²) in [4.78, 5) is 14.0. The van der Waals surface area contributed by atoms with E-state index in [-0.39, 0.29) is 17.9 Å². The maximum absolute atomic E-state index is 11.7. The smallest absolute Gasteiger partial charge is 0.310 e. The predicted octanol–water partition coefficient (Wildman–Crippen LogP) is 1.95. The standard InChI is InChI=1S/C13H22N2O2/c1-3-12(7-8-14)15-9-5-6-11(10-15)13(16)17-4-2/h11-12H,3-7,9-10H2,1-2H3. The van der Waals surface area contributed by atoms with Gasteiger partial charge in [-0.05, 0) is 32.7 Å². The number of piperidine rings is 1. The van der Waals surface area contributed by atoms with Crippen LogP contribution < -0.4 is 0 Å². The highest BCUT2D eigenvalue weighted by Gasteiger charge is 2.29. The van der Waals surface area contributed by atoms with Crippen LogP contribution in [0.5, 0.6) is 0 Å². The number of esters is 1. The fourth-order valence-electron chi connectivity index (χ4n) is 2.43. The SMILES string of the molecule is CCOC(=O)C1CCCN(C(CC)CC#N)C1. The Bertz CT molecular complexity index is 286. The molecule has 0 bridgehead atoms. The summed E-state index contributed by atoms with van der Waals surface area (Å²) in [6.07, 6.45) is 3.44. The summed E-state index contributed by atoms with van der Waals surface area (Å²) in [5, 5.41) is 8.79.